The maximum absolute atomic E-state index is 5.72. The lowest BCUT2D eigenvalue weighted by Gasteiger charge is -2.01. The van der Waals surface area contributed by atoms with Crippen LogP contribution in [0.1, 0.15) is 0 Å². The highest BCUT2D eigenvalue weighted by Crippen LogP contribution is 2.23. The molecule has 0 unspecified atom stereocenters. The summed E-state index contributed by atoms with van der Waals surface area (Å²) in [7, 11) is 0. The molecule has 1 nitrogen and oxygen atoms in total. The van der Waals surface area contributed by atoms with Gasteiger partial charge < -0.3 is 0 Å². The number of hydrogen-bond acceptors (Lipinski definition) is 2. The van der Waals surface area contributed by atoms with Crippen molar-refractivity contribution in [1.29, 1.82) is 0 Å². The van der Waals surface area contributed by atoms with Gasteiger partial charge >= 0.3 is 0 Å². The van der Waals surface area contributed by atoms with Gasteiger partial charge in [-0.25, -0.2) is 4.98 Å². The van der Waals surface area contributed by atoms with E-state index in [1.165, 1.54) is 21.8 Å². The van der Waals surface area contributed by atoms with Gasteiger partial charge in [0.15, 0.2) is 4.47 Å². The average molecular weight is 306 g/mol. The Morgan fingerprint density at radius 2 is 1.74 bits per heavy atom. The zero-order valence-electron chi connectivity index (χ0n) is 9.81. The smallest absolute Gasteiger partial charge is 0.184 e. The minimum atomic E-state index is 0.592. The summed E-state index contributed by atoms with van der Waals surface area (Å²) in [4.78, 5) is 4.16. The van der Waals surface area contributed by atoms with Gasteiger partial charge in [-0.2, -0.15) is 0 Å². The second-order valence-electron chi connectivity index (χ2n) is 4.05. The van der Waals surface area contributed by atoms with Gasteiger partial charge in [-0.15, -0.1) is 11.3 Å². The molecule has 0 atom stereocenters. The van der Waals surface area contributed by atoms with Crippen molar-refractivity contribution in [3.8, 4) is 11.3 Å². The number of benzene rings is 2. The summed E-state index contributed by atoms with van der Waals surface area (Å²) in [5.41, 5.74) is 2.06. The maximum Gasteiger partial charge on any atom is 0.184 e. The number of hydrogen-bond donors (Lipinski definition) is 0. The summed E-state index contributed by atoms with van der Waals surface area (Å²) < 4.78 is 0.592. The summed E-state index contributed by atoms with van der Waals surface area (Å²) in [5, 5.41) is 5.42. The van der Waals surface area contributed by atoms with E-state index in [1.807, 2.05) is 47.8 Å². The number of aromatic nitrogens is 1. The first-order valence-electron chi connectivity index (χ1n) is 5.70. The van der Waals surface area contributed by atoms with Crippen LogP contribution in [0.15, 0.2) is 53.9 Å². The first-order chi connectivity index (χ1) is 9.24. The Morgan fingerprint density at radius 3 is 2.11 bits per heavy atom. The lowest BCUT2D eigenvalue weighted by atomic mass is 10.1. The fourth-order valence-corrected chi connectivity index (χ4v) is 2.80. The van der Waals surface area contributed by atoms with E-state index in [0.717, 1.165) is 16.3 Å². The third kappa shape index (κ3) is 2.66. The van der Waals surface area contributed by atoms with E-state index in [2.05, 4.69) is 11.1 Å². The van der Waals surface area contributed by atoms with Crippen LogP contribution in [0.2, 0.25) is 9.49 Å². The molecule has 0 saturated heterocycles. The van der Waals surface area contributed by atoms with Crippen LogP contribution >= 0.6 is 34.5 Å². The average Bonchev–Trinajstić information content (AvgIpc) is 2.84. The molecule has 4 heteroatoms. The largest absolute Gasteiger partial charge is 0.225 e. The van der Waals surface area contributed by atoms with E-state index in [4.69, 9.17) is 23.2 Å². The van der Waals surface area contributed by atoms with Crippen molar-refractivity contribution in [1.82, 2.24) is 4.98 Å². The van der Waals surface area contributed by atoms with Crippen molar-refractivity contribution in [2.45, 2.75) is 0 Å². The first kappa shape index (κ1) is 12.7. The zero-order valence-corrected chi connectivity index (χ0v) is 12.1. The molecule has 0 saturated carbocycles. The lowest BCUT2D eigenvalue weighted by Crippen LogP contribution is -1.84. The molecule has 2 aliphatic carbocycles. The molecule has 0 spiro atoms. The van der Waals surface area contributed by atoms with Crippen LogP contribution < -0.4 is 0 Å². The molecular formula is C15H9Cl2NS. The van der Waals surface area contributed by atoms with Gasteiger partial charge in [-0.1, -0.05) is 65.7 Å². The van der Waals surface area contributed by atoms with Crippen molar-refractivity contribution < 1.29 is 0 Å². The standard InChI is InChI=1S/C9H6ClNS.C6H3Cl/c10-9-11-8(6-12-9)7-4-2-1-3-5-7;7-6-3-4-1-2-5(4)6/h1-6H;1-3H. The fraction of sp³-hybridized carbons (Fsp3) is 0. The Hall–Kier alpha value is -1.35. The van der Waals surface area contributed by atoms with Crippen molar-refractivity contribution >= 4 is 34.5 Å². The molecular weight excluding hydrogens is 297 g/mol. The van der Waals surface area contributed by atoms with Gasteiger partial charge in [-0.3, -0.25) is 0 Å². The minimum Gasteiger partial charge on any atom is -0.225 e. The highest BCUT2D eigenvalue weighted by molar-refractivity contribution is 7.14. The number of nitrogens with zero attached hydrogens (tertiary/aromatic N) is 1. The molecule has 0 aliphatic heterocycles. The number of rotatable bonds is 1. The monoisotopic (exact) mass is 305 g/mol. The van der Waals surface area contributed by atoms with E-state index in [9.17, 15) is 0 Å². The summed E-state index contributed by atoms with van der Waals surface area (Å²) in [5.74, 6) is 0. The number of thiazole rings is 1. The predicted octanol–water partition coefficient (Wildman–Crippen LogP) is 5.40. The molecule has 2 aromatic rings. The molecule has 1 aromatic heterocycles. The van der Waals surface area contributed by atoms with Gasteiger partial charge in [0.05, 0.1) is 5.69 Å². The quantitative estimate of drug-likeness (QED) is 0.458. The Morgan fingerprint density at radius 1 is 0.947 bits per heavy atom. The fourth-order valence-electron chi connectivity index (χ4n) is 1.74. The van der Waals surface area contributed by atoms with Crippen molar-refractivity contribution in [3.05, 3.63) is 73.8 Å². The molecule has 0 amide bonds. The Bertz CT molecular complexity index is 797. The third-order valence-corrected chi connectivity index (χ3v) is 4.12. The first-order valence-corrected chi connectivity index (χ1v) is 7.34. The second kappa shape index (κ2) is 5.33. The van der Waals surface area contributed by atoms with E-state index >= 15 is 0 Å². The molecule has 0 bridgehead atoms. The molecule has 4 rings (SSSR count). The van der Waals surface area contributed by atoms with Crippen molar-refractivity contribution in [2.24, 2.45) is 0 Å². The van der Waals surface area contributed by atoms with E-state index in [-0.39, 0.29) is 0 Å². The van der Waals surface area contributed by atoms with Crippen LogP contribution in [0.3, 0.4) is 0 Å². The van der Waals surface area contributed by atoms with Gasteiger partial charge in [0.1, 0.15) is 0 Å². The van der Waals surface area contributed by atoms with E-state index in [0.29, 0.717) is 4.47 Å². The molecule has 19 heavy (non-hydrogen) atoms. The summed E-state index contributed by atoms with van der Waals surface area (Å²) >= 11 is 12.8. The van der Waals surface area contributed by atoms with Gasteiger partial charge in [0.25, 0.3) is 0 Å². The summed E-state index contributed by atoms with van der Waals surface area (Å²) in [6, 6.07) is 16.1. The maximum atomic E-state index is 5.72. The Labute approximate surface area is 124 Å². The lowest BCUT2D eigenvalue weighted by molar-refractivity contribution is 1.38. The van der Waals surface area contributed by atoms with Crippen LogP contribution in [0, 0.1) is 10.4 Å². The third-order valence-electron chi connectivity index (χ3n) is 2.83. The molecule has 1 aromatic carbocycles. The van der Waals surface area contributed by atoms with E-state index in [1.54, 1.807) is 0 Å². The molecule has 94 valence electrons. The van der Waals surface area contributed by atoms with Crippen LogP contribution in [0.4, 0.5) is 0 Å². The minimum absolute atomic E-state index is 0.592. The topological polar surface area (TPSA) is 12.9 Å². The second-order valence-corrected chi connectivity index (χ2v) is 5.89. The van der Waals surface area contributed by atoms with E-state index < -0.39 is 0 Å². The Kier molecular flexibility index (Phi) is 3.56. The van der Waals surface area contributed by atoms with Crippen LogP contribution in [-0.4, -0.2) is 4.98 Å². The highest BCUT2D eigenvalue weighted by Gasteiger charge is 2.00. The molecule has 2 aliphatic rings. The molecule has 0 radical (unpaired) electrons. The summed E-state index contributed by atoms with van der Waals surface area (Å²) in [6.45, 7) is 0. The van der Waals surface area contributed by atoms with Crippen molar-refractivity contribution in [3.63, 3.8) is 0 Å². The molecule has 1 heterocycles. The van der Waals surface area contributed by atoms with Crippen molar-refractivity contribution in [2.75, 3.05) is 0 Å². The molecule has 0 fully saturated rings. The SMILES string of the molecule is Clc1cc2ccc1=2.Clc1nc(-c2ccccc2)cs1. The number of halogens is 2. The normalized spacial score (nSPS) is 10.6. The van der Waals surface area contributed by atoms with Crippen LogP contribution in [0.5, 0.6) is 0 Å². The van der Waals surface area contributed by atoms with Crippen LogP contribution in [0.25, 0.3) is 11.3 Å². The Balaban J connectivity index is 0.000000132. The zero-order chi connectivity index (χ0) is 13.2. The molecule has 0 N–H and O–H groups in total. The van der Waals surface area contributed by atoms with Crippen LogP contribution in [-0.2, 0) is 0 Å². The highest BCUT2D eigenvalue weighted by atomic mass is 35.5. The van der Waals surface area contributed by atoms with Gasteiger partial charge in [0, 0.05) is 21.2 Å². The van der Waals surface area contributed by atoms with Gasteiger partial charge in [-0.05, 0) is 11.3 Å². The van der Waals surface area contributed by atoms with Gasteiger partial charge in [0.2, 0.25) is 0 Å². The summed E-state index contributed by atoms with van der Waals surface area (Å²) in [6.07, 6.45) is 0. The predicted molar refractivity (Wildman–Crippen MR) is 81.7 cm³/mol.